The van der Waals surface area contributed by atoms with Gasteiger partial charge in [0, 0.05) is 11.8 Å². The third kappa shape index (κ3) is 2.81. The number of nitrogens with zero attached hydrogens (tertiary/aromatic N) is 2. The first-order valence-electron chi connectivity index (χ1n) is 7.06. The van der Waals surface area contributed by atoms with E-state index in [4.69, 9.17) is 9.47 Å². The number of halogens is 1. The lowest BCUT2D eigenvalue weighted by atomic mass is 10.2. The van der Waals surface area contributed by atoms with E-state index in [-0.39, 0.29) is 6.10 Å². The molecule has 3 rings (SSSR count). The summed E-state index contributed by atoms with van der Waals surface area (Å²) in [4.78, 5) is 4.45. The van der Waals surface area contributed by atoms with Crippen LogP contribution in [0.3, 0.4) is 0 Å². The summed E-state index contributed by atoms with van der Waals surface area (Å²) in [5.41, 5.74) is 2.95. The fraction of sp³-hybridized carbons (Fsp3) is 0.235. The topological polar surface area (TPSA) is 36.3 Å². The molecule has 0 amide bonds. The minimum Gasteiger partial charge on any atom is -0.495 e. The monoisotopic (exact) mass is 360 g/mol. The largest absolute Gasteiger partial charge is 0.495 e. The Morgan fingerprint density at radius 3 is 2.50 bits per heavy atom. The lowest BCUT2D eigenvalue weighted by Crippen LogP contribution is -2.05. The van der Waals surface area contributed by atoms with Gasteiger partial charge in [0.2, 0.25) is 0 Å². The fourth-order valence-corrected chi connectivity index (χ4v) is 2.82. The van der Waals surface area contributed by atoms with E-state index >= 15 is 0 Å². The second-order valence-corrected chi connectivity index (χ2v) is 6.10. The van der Waals surface area contributed by atoms with Gasteiger partial charge in [0.05, 0.1) is 28.7 Å². The molecular formula is C17H17BrN2O2. The molecule has 1 aromatic heterocycles. The highest BCUT2D eigenvalue weighted by Crippen LogP contribution is 2.31. The van der Waals surface area contributed by atoms with Crippen LogP contribution in [-0.2, 0) is 0 Å². The number of hydrogen-bond acceptors (Lipinski definition) is 3. The first-order valence-corrected chi connectivity index (χ1v) is 7.85. The van der Waals surface area contributed by atoms with E-state index in [0.29, 0.717) is 0 Å². The third-order valence-electron chi connectivity index (χ3n) is 3.31. The van der Waals surface area contributed by atoms with Crippen LogP contribution >= 0.6 is 15.9 Å². The average Bonchev–Trinajstić information content (AvgIpc) is 2.89. The van der Waals surface area contributed by atoms with Gasteiger partial charge in [-0.2, -0.15) is 0 Å². The predicted octanol–water partition coefficient (Wildman–Crippen LogP) is 4.58. The first-order chi connectivity index (χ1) is 10.6. The zero-order chi connectivity index (χ0) is 15.7. The molecule has 0 radical (unpaired) electrons. The van der Waals surface area contributed by atoms with Crippen molar-refractivity contribution in [2.45, 2.75) is 20.0 Å². The van der Waals surface area contributed by atoms with E-state index in [1.165, 1.54) is 0 Å². The van der Waals surface area contributed by atoms with Gasteiger partial charge in [0.25, 0.3) is 0 Å². The summed E-state index contributed by atoms with van der Waals surface area (Å²) in [6, 6.07) is 11.9. The minimum absolute atomic E-state index is 0.170. The molecule has 1 heterocycles. The minimum atomic E-state index is 0.170. The zero-order valence-corrected chi connectivity index (χ0v) is 14.3. The van der Waals surface area contributed by atoms with E-state index < -0.39 is 0 Å². The number of methoxy groups -OCH3 is 1. The van der Waals surface area contributed by atoms with Gasteiger partial charge in [-0.25, -0.2) is 4.98 Å². The van der Waals surface area contributed by atoms with Gasteiger partial charge in [0.1, 0.15) is 17.8 Å². The van der Waals surface area contributed by atoms with Crippen LogP contribution in [0.25, 0.3) is 16.7 Å². The van der Waals surface area contributed by atoms with Crippen molar-refractivity contribution in [1.82, 2.24) is 9.55 Å². The maximum absolute atomic E-state index is 5.67. The molecule has 0 saturated heterocycles. The molecule has 0 aliphatic carbocycles. The van der Waals surface area contributed by atoms with Gasteiger partial charge < -0.3 is 9.47 Å². The van der Waals surface area contributed by atoms with Crippen molar-refractivity contribution in [2.24, 2.45) is 0 Å². The summed E-state index contributed by atoms with van der Waals surface area (Å²) in [5.74, 6) is 1.64. The molecule has 3 aromatic rings. The highest BCUT2D eigenvalue weighted by Gasteiger charge is 2.09. The van der Waals surface area contributed by atoms with Crippen LogP contribution in [0.4, 0.5) is 0 Å². The van der Waals surface area contributed by atoms with E-state index in [2.05, 4.69) is 20.9 Å². The van der Waals surface area contributed by atoms with Gasteiger partial charge >= 0.3 is 0 Å². The molecule has 0 spiro atoms. The van der Waals surface area contributed by atoms with E-state index in [9.17, 15) is 0 Å². The van der Waals surface area contributed by atoms with E-state index in [0.717, 1.165) is 32.7 Å². The van der Waals surface area contributed by atoms with Crippen LogP contribution in [0.15, 0.2) is 47.2 Å². The Labute approximate surface area is 137 Å². The maximum Gasteiger partial charge on any atom is 0.135 e. The Bertz CT molecular complexity index is 794. The van der Waals surface area contributed by atoms with Crippen LogP contribution in [0, 0.1) is 0 Å². The number of fused-ring (bicyclic) bond motifs is 1. The zero-order valence-electron chi connectivity index (χ0n) is 12.7. The lowest BCUT2D eigenvalue weighted by molar-refractivity contribution is 0.242. The standard InChI is InChI=1S/C17H17BrN2O2/c1-11(2)22-13-6-4-12(5-7-13)20-10-19-15-9-17(21-3)14(18)8-16(15)20/h4-11H,1-3H3. The van der Waals surface area contributed by atoms with E-state index in [1.807, 2.05) is 61.1 Å². The summed E-state index contributed by atoms with van der Waals surface area (Å²) in [5, 5.41) is 0. The smallest absolute Gasteiger partial charge is 0.135 e. The summed E-state index contributed by atoms with van der Waals surface area (Å²) in [7, 11) is 1.65. The van der Waals surface area contributed by atoms with Crippen LogP contribution in [-0.4, -0.2) is 22.8 Å². The van der Waals surface area contributed by atoms with Gasteiger partial charge in [-0.1, -0.05) is 0 Å². The Morgan fingerprint density at radius 2 is 1.86 bits per heavy atom. The van der Waals surface area contributed by atoms with Crippen LogP contribution in [0.5, 0.6) is 11.5 Å². The molecule has 4 nitrogen and oxygen atoms in total. The summed E-state index contributed by atoms with van der Waals surface area (Å²) in [6.07, 6.45) is 1.98. The number of hydrogen-bond donors (Lipinski definition) is 0. The van der Waals surface area contributed by atoms with Crippen molar-refractivity contribution in [2.75, 3.05) is 7.11 Å². The quantitative estimate of drug-likeness (QED) is 0.682. The summed E-state index contributed by atoms with van der Waals surface area (Å²) < 4.78 is 13.9. The number of rotatable bonds is 4. The molecule has 5 heteroatoms. The van der Waals surface area contributed by atoms with Crippen molar-refractivity contribution in [3.8, 4) is 17.2 Å². The molecule has 0 atom stereocenters. The van der Waals surface area contributed by atoms with Gasteiger partial charge in [0.15, 0.2) is 0 Å². The van der Waals surface area contributed by atoms with Crippen LogP contribution in [0.2, 0.25) is 0 Å². The average molecular weight is 361 g/mol. The molecule has 0 unspecified atom stereocenters. The van der Waals surface area contributed by atoms with Crippen molar-refractivity contribution in [1.29, 1.82) is 0 Å². The molecule has 0 fully saturated rings. The normalized spacial score (nSPS) is 11.1. The summed E-state index contributed by atoms with van der Waals surface area (Å²) in [6.45, 7) is 4.03. The van der Waals surface area contributed by atoms with Gasteiger partial charge in [-0.3, -0.25) is 4.57 Å². The Balaban J connectivity index is 2.01. The molecule has 0 bridgehead atoms. The molecule has 0 saturated carbocycles. The van der Waals surface area contributed by atoms with E-state index in [1.54, 1.807) is 7.11 Å². The molecule has 0 aliphatic rings. The highest BCUT2D eigenvalue weighted by molar-refractivity contribution is 9.10. The lowest BCUT2D eigenvalue weighted by Gasteiger charge is -2.11. The summed E-state index contributed by atoms with van der Waals surface area (Å²) >= 11 is 3.52. The Hall–Kier alpha value is -2.01. The van der Waals surface area contributed by atoms with Crippen molar-refractivity contribution in [3.05, 3.63) is 47.2 Å². The second kappa shape index (κ2) is 6.01. The molecule has 0 N–H and O–H groups in total. The van der Waals surface area contributed by atoms with Crippen molar-refractivity contribution in [3.63, 3.8) is 0 Å². The maximum atomic E-state index is 5.67. The molecular weight excluding hydrogens is 344 g/mol. The van der Waals surface area contributed by atoms with Gasteiger partial charge in [-0.15, -0.1) is 0 Å². The first kappa shape index (κ1) is 14.9. The number of ether oxygens (including phenoxy) is 2. The number of imidazole rings is 1. The molecule has 2 aromatic carbocycles. The van der Waals surface area contributed by atoms with Gasteiger partial charge in [-0.05, 0) is 60.1 Å². The number of aromatic nitrogens is 2. The second-order valence-electron chi connectivity index (χ2n) is 5.25. The SMILES string of the molecule is COc1cc2ncn(-c3ccc(OC(C)C)cc3)c2cc1Br. The van der Waals surface area contributed by atoms with Crippen LogP contribution in [0.1, 0.15) is 13.8 Å². The molecule has 114 valence electrons. The van der Waals surface area contributed by atoms with Crippen LogP contribution < -0.4 is 9.47 Å². The Morgan fingerprint density at radius 1 is 1.14 bits per heavy atom. The van der Waals surface area contributed by atoms with Crippen molar-refractivity contribution >= 4 is 27.0 Å². The molecule has 0 aliphatic heterocycles. The number of benzene rings is 2. The molecule has 22 heavy (non-hydrogen) atoms. The van der Waals surface area contributed by atoms with Crippen molar-refractivity contribution < 1.29 is 9.47 Å². The fourth-order valence-electron chi connectivity index (χ4n) is 2.33. The Kier molecular flexibility index (Phi) is 4.07. The highest BCUT2D eigenvalue weighted by atomic mass is 79.9. The predicted molar refractivity (Wildman–Crippen MR) is 91.1 cm³/mol. The third-order valence-corrected chi connectivity index (χ3v) is 3.93.